The van der Waals surface area contributed by atoms with Crippen LogP contribution in [0.5, 0.6) is 0 Å². The zero-order valence-corrected chi connectivity index (χ0v) is 12.4. The number of ether oxygens (including phenoxy) is 1. The van der Waals surface area contributed by atoms with Crippen LogP contribution < -0.4 is 4.90 Å². The van der Waals surface area contributed by atoms with E-state index in [1.54, 1.807) is 0 Å². The SMILES string of the molecule is CC(C)(C)N(CCN1CCOCC1)c1ccccc1. The molecule has 1 heterocycles. The van der Waals surface area contributed by atoms with Crippen LogP contribution in [-0.4, -0.2) is 49.8 Å². The number of anilines is 1. The van der Waals surface area contributed by atoms with Gasteiger partial charge in [0.25, 0.3) is 0 Å². The van der Waals surface area contributed by atoms with Crippen molar-refractivity contribution < 1.29 is 4.74 Å². The summed E-state index contributed by atoms with van der Waals surface area (Å²) in [6, 6.07) is 10.7. The monoisotopic (exact) mass is 262 g/mol. The average Bonchev–Trinajstić information content (AvgIpc) is 2.40. The second-order valence-corrected chi connectivity index (χ2v) is 6.11. The topological polar surface area (TPSA) is 15.7 Å². The zero-order valence-electron chi connectivity index (χ0n) is 12.4. The molecule has 0 saturated carbocycles. The van der Waals surface area contributed by atoms with Crippen LogP contribution >= 0.6 is 0 Å². The lowest BCUT2D eigenvalue weighted by atomic mass is 10.0. The quantitative estimate of drug-likeness (QED) is 0.829. The number of nitrogens with zero attached hydrogens (tertiary/aromatic N) is 2. The zero-order chi connectivity index (χ0) is 13.7. The van der Waals surface area contributed by atoms with Gasteiger partial charge in [-0.3, -0.25) is 4.90 Å². The van der Waals surface area contributed by atoms with Crippen molar-refractivity contribution in [2.75, 3.05) is 44.3 Å². The van der Waals surface area contributed by atoms with E-state index in [0.29, 0.717) is 0 Å². The molecule has 0 spiro atoms. The molecule has 1 saturated heterocycles. The van der Waals surface area contributed by atoms with Gasteiger partial charge in [-0.25, -0.2) is 0 Å². The minimum absolute atomic E-state index is 0.146. The Balaban J connectivity index is 1.99. The van der Waals surface area contributed by atoms with Crippen molar-refractivity contribution in [3.63, 3.8) is 0 Å². The molecule has 1 aromatic carbocycles. The summed E-state index contributed by atoms with van der Waals surface area (Å²) in [6.45, 7) is 12.9. The van der Waals surface area contributed by atoms with Gasteiger partial charge in [-0.2, -0.15) is 0 Å². The number of hydrogen-bond donors (Lipinski definition) is 0. The number of morpholine rings is 1. The highest BCUT2D eigenvalue weighted by Crippen LogP contribution is 2.23. The van der Waals surface area contributed by atoms with Gasteiger partial charge < -0.3 is 9.64 Å². The summed E-state index contributed by atoms with van der Waals surface area (Å²) >= 11 is 0. The third-order valence-corrected chi connectivity index (χ3v) is 3.62. The molecular weight excluding hydrogens is 236 g/mol. The van der Waals surface area contributed by atoms with Gasteiger partial charge in [-0.15, -0.1) is 0 Å². The van der Waals surface area contributed by atoms with E-state index in [1.807, 2.05) is 0 Å². The molecule has 106 valence electrons. The van der Waals surface area contributed by atoms with Crippen molar-refractivity contribution in [1.29, 1.82) is 0 Å². The van der Waals surface area contributed by atoms with Crippen molar-refractivity contribution in [3.05, 3.63) is 30.3 Å². The predicted octanol–water partition coefficient (Wildman–Crippen LogP) is 2.62. The first-order valence-corrected chi connectivity index (χ1v) is 7.20. The van der Waals surface area contributed by atoms with Crippen LogP contribution in [-0.2, 0) is 4.74 Å². The van der Waals surface area contributed by atoms with Crippen LogP contribution in [0.4, 0.5) is 5.69 Å². The molecule has 0 radical (unpaired) electrons. The summed E-state index contributed by atoms with van der Waals surface area (Å²) in [4.78, 5) is 4.98. The first kappa shape index (κ1) is 14.4. The fourth-order valence-electron chi connectivity index (χ4n) is 2.53. The summed E-state index contributed by atoms with van der Waals surface area (Å²) in [5.74, 6) is 0. The Morgan fingerprint density at radius 3 is 2.32 bits per heavy atom. The molecule has 0 amide bonds. The lowest BCUT2D eigenvalue weighted by Crippen LogP contribution is -2.47. The van der Waals surface area contributed by atoms with Gasteiger partial charge in [0.1, 0.15) is 0 Å². The number of benzene rings is 1. The van der Waals surface area contributed by atoms with Crippen LogP contribution in [0.1, 0.15) is 20.8 Å². The Labute approximate surface area is 117 Å². The Morgan fingerprint density at radius 2 is 1.74 bits per heavy atom. The molecule has 3 heteroatoms. The molecule has 0 aliphatic carbocycles. The summed E-state index contributed by atoms with van der Waals surface area (Å²) in [6.07, 6.45) is 0. The van der Waals surface area contributed by atoms with E-state index in [4.69, 9.17) is 4.74 Å². The molecule has 3 nitrogen and oxygen atoms in total. The molecule has 0 aromatic heterocycles. The Bertz CT molecular complexity index is 366. The molecule has 1 aliphatic rings. The lowest BCUT2D eigenvalue weighted by Gasteiger charge is -2.39. The Kier molecular flexibility index (Phi) is 4.83. The minimum Gasteiger partial charge on any atom is -0.379 e. The molecule has 2 rings (SSSR count). The number of hydrogen-bond acceptors (Lipinski definition) is 3. The maximum absolute atomic E-state index is 5.40. The molecule has 1 aromatic rings. The van der Waals surface area contributed by atoms with Crippen molar-refractivity contribution in [2.45, 2.75) is 26.3 Å². The maximum atomic E-state index is 5.40. The highest BCUT2D eigenvalue weighted by molar-refractivity contribution is 5.48. The lowest BCUT2D eigenvalue weighted by molar-refractivity contribution is 0.0388. The van der Waals surface area contributed by atoms with Crippen LogP contribution in [0.3, 0.4) is 0 Å². The summed E-state index contributed by atoms with van der Waals surface area (Å²) in [5.41, 5.74) is 1.46. The van der Waals surface area contributed by atoms with E-state index >= 15 is 0 Å². The molecule has 0 unspecified atom stereocenters. The predicted molar refractivity (Wildman–Crippen MR) is 80.8 cm³/mol. The van der Waals surface area contributed by atoms with E-state index in [9.17, 15) is 0 Å². The van der Waals surface area contributed by atoms with Crippen molar-refractivity contribution in [1.82, 2.24) is 4.90 Å². The smallest absolute Gasteiger partial charge is 0.0594 e. The fraction of sp³-hybridized carbons (Fsp3) is 0.625. The van der Waals surface area contributed by atoms with Crippen LogP contribution in [0.15, 0.2) is 30.3 Å². The average molecular weight is 262 g/mol. The van der Waals surface area contributed by atoms with E-state index in [0.717, 1.165) is 39.4 Å². The van der Waals surface area contributed by atoms with Crippen LogP contribution in [0.25, 0.3) is 0 Å². The molecule has 0 N–H and O–H groups in total. The fourth-order valence-corrected chi connectivity index (χ4v) is 2.53. The molecular formula is C16H26N2O. The molecule has 19 heavy (non-hydrogen) atoms. The highest BCUT2D eigenvalue weighted by Gasteiger charge is 2.22. The van der Waals surface area contributed by atoms with E-state index in [1.165, 1.54) is 5.69 Å². The van der Waals surface area contributed by atoms with E-state index in [2.05, 4.69) is 60.9 Å². The summed E-state index contributed by atoms with van der Waals surface area (Å²) < 4.78 is 5.40. The van der Waals surface area contributed by atoms with Gasteiger partial charge in [0.05, 0.1) is 13.2 Å². The first-order valence-electron chi connectivity index (χ1n) is 7.20. The summed E-state index contributed by atoms with van der Waals surface area (Å²) in [7, 11) is 0. The Morgan fingerprint density at radius 1 is 1.11 bits per heavy atom. The Hall–Kier alpha value is -1.06. The minimum atomic E-state index is 0.146. The summed E-state index contributed by atoms with van der Waals surface area (Å²) in [5, 5.41) is 0. The van der Waals surface area contributed by atoms with Crippen molar-refractivity contribution in [2.24, 2.45) is 0 Å². The molecule has 1 fully saturated rings. The highest BCUT2D eigenvalue weighted by atomic mass is 16.5. The van der Waals surface area contributed by atoms with E-state index < -0.39 is 0 Å². The van der Waals surface area contributed by atoms with Gasteiger partial charge >= 0.3 is 0 Å². The van der Waals surface area contributed by atoms with Gasteiger partial charge in [-0.1, -0.05) is 18.2 Å². The third kappa shape index (κ3) is 4.22. The third-order valence-electron chi connectivity index (χ3n) is 3.62. The van der Waals surface area contributed by atoms with Crippen LogP contribution in [0.2, 0.25) is 0 Å². The van der Waals surface area contributed by atoms with Gasteiger partial charge in [-0.05, 0) is 32.9 Å². The number of rotatable bonds is 4. The largest absolute Gasteiger partial charge is 0.379 e. The van der Waals surface area contributed by atoms with Crippen molar-refractivity contribution in [3.8, 4) is 0 Å². The maximum Gasteiger partial charge on any atom is 0.0594 e. The van der Waals surface area contributed by atoms with E-state index in [-0.39, 0.29) is 5.54 Å². The second kappa shape index (κ2) is 6.40. The molecule has 0 atom stereocenters. The molecule has 0 bridgehead atoms. The van der Waals surface area contributed by atoms with Gasteiger partial charge in [0.15, 0.2) is 0 Å². The normalized spacial score (nSPS) is 17.4. The number of para-hydroxylation sites is 1. The van der Waals surface area contributed by atoms with Crippen LogP contribution in [0, 0.1) is 0 Å². The second-order valence-electron chi connectivity index (χ2n) is 6.11. The molecule has 1 aliphatic heterocycles. The van der Waals surface area contributed by atoms with Crippen molar-refractivity contribution >= 4 is 5.69 Å². The van der Waals surface area contributed by atoms with Gasteiger partial charge in [0.2, 0.25) is 0 Å². The van der Waals surface area contributed by atoms with Gasteiger partial charge in [0, 0.05) is 37.4 Å². The first-order chi connectivity index (χ1) is 9.07. The standard InChI is InChI=1S/C16H26N2O/c1-16(2,3)18(15-7-5-4-6-8-15)10-9-17-11-13-19-14-12-17/h4-8H,9-14H2,1-3H3.